The summed E-state index contributed by atoms with van der Waals surface area (Å²) in [7, 11) is 3.34. The Bertz CT molecular complexity index is 827. The topological polar surface area (TPSA) is 18.5 Å². The molecule has 3 heteroatoms. The van der Waals surface area contributed by atoms with Gasteiger partial charge >= 0.3 is 0 Å². The zero-order chi connectivity index (χ0) is 16.2. The number of hydrogen-bond donors (Lipinski definition) is 0. The van der Waals surface area contributed by atoms with Crippen LogP contribution in [-0.2, 0) is 5.75 Å². The molecule has 0 fully saturated rings. The highest BCUT2D eigenvalue weighted by atomic mass is 32.2. The number of thioether (sulfide) groups is 1. The Morgan fingerprint density at radius 1 is 0.826 bits per heavy atom. The van der Waals surface area contributed by atoms with Crippen molar-refractivity contribution in [2.45, 2.75) is 17.6 Å². The van der Waals surface area contributed by atoms with Gasteiger partial charge < -0.3 is 9.47 Å². The van der Waals surface area contributed by atoms with E-state index in [0.29, 0.717) is 0 Å². The Morgan fingerprint density at radius 2 is 1.52 bits per heavy atom. The van der Waals surface area contributed by atoms with Gasteiger partial charge in [0.15, 0.2) is 11.5 Å². The van der Waals surface area contributed by atoms with Gasteiger partial charge in [-0.1, -0.05) is 30.3 Å². The first-order valence-corrected chi connectivity index (χ1v) is 8.53. The summed E-state index contributed by atoms with van der Waals surface area (Å²) in [6.45, 7) is 2.11. The Hall–Kier alpha value is -2.13. The third-order valence-corrected chi connectivity index (χ3v) is 5.00. The van der Waals surface area contributed by atoms with E-state index >= 15 is 0 Å². The molecule has 0 amide bonds. The van der Waals surface area contributed by atoms with Crippen molar-refractivity contribution in [3.63, 3.8) is 0 Å². The van der Waals surface area contributed by atoms with Crippen molar-refractivity contribution in [2.75, 3.05) is 14.2 Å². The number of aryl methyl sites for hydroxylation is 1. The third-order valence-electron chi connectivity index (χ3n) is 3.96. The Morgan fingerprint density at radius 3 is 2.26 bits per heavy atom. The molecule has 0 aliphatic heterocycles. The van der Waals surface area contributed by atoms with Crippen LogP contribution in [-0.4, -0.2) is 14.2 Å². The van der Waals surface area contributed by atoms with Crippen molar-refractivity contribution in [3.8, 4) is 11.5 Å². The number of rotatable bonds is 5. The van der Waals surface area contributed by atoms with Gasteiger partial charge in [0.05, 0.1) is 14.2 Å². The minimum Gasteiger partial charge on any atom is -0.493 e. The van der Waals surface area contributed by atoms with Crippen molar-refractivity contribution < 1.29 is 9.47 Å². The Labute approximate surface area is 141 Å². The standard InChI is InChI=1S/C20H20O2S/c1-14-10-19(21-2)20(22-3)12-17(14)13-23-18-9-8-15-6-4-5-7-16(15)11-18/h4-12H,13H2,1-3H3. The molecule has 0 atom stereocenters. The fourth-order valence-electron chi connectivity index (χ4n) is 2.60. The van der Waals surface area contributed by atoms with Gasteiger partial charge in [-0.25, -0.2) is 0 Å². The number of benzene rings is 3. The highest BCUT2D eigenvalue weighted by Gasteiger charge is 2.09. The Balaban J connectivity index is 1.81. The van der Waals surface area contributed by atoms with E-state index < -0.39 is 0 Å². The summed E-state index contributed by atoms with van der Waals surface area (Å²) < 4.78 is 10.8. The lowest BCUT2D eigenvalue weighted by molar-refractivity contribution is 0.354. The minimum absolute atomic E-state index is 0.782. The second-order valence-electron chi connectivity index (χ2n) is 5.43. The molecular weight excluding hydrogens is 304 g/mol. The van der Waals surface area contributed by atoms with Crippen LogP contribution in [0.3, 0.4) is 0 Å². The average molecular weight is 324 g/mol. The van der Waals surface area contributed by atoms with Crippen LogP contribution in [0.5, 0.6) is 11.5 Å². The van der Waals surface area contributed by atoms with Crippen LogP contribution in [0, 0.1) is 6.92 Å². The van der Waals surface area contributed by atoms with Crippen LogP contribution in [0.15, 0.2) is 59.5 Å². The smallest absolute Gasteiger partial charge is 0.161 e. The van der Waals surface area contributed by atoms with Gasteiger partial charge in [-0.15, -0.1) is 11.8 Å². The summed E-state index contributed by atoms with van der Waals surface area (Å²) in [4.78, 5) is 1.28. The largest absolute Gasteiger partial charge is 0.493 e. The molecule has 0 saturated heterocycles. The van der Waals surface area contributed by atoms with E-state index in [-0.39, 0.29) is 0 Å². The molecule has 0 spiro atoms. The summed E-state index contributed by atoms with van der Waals surface area (Å²) in [5.74, 6) is 2.47. The molecule has 3 rings (SSSR count). The van der Waals surface area contributed by atoms with Crippen molar-refractivity contribution >= 4 is 22.5 Å². The van der Waals surface area contributed by atoms with Gasteiger partial charge in [-0.2, -0.15) is 0 Å². The van der Waals surface area contributed by atoms with Crippen LogP contribution >= 0.6 is 11.8 Å². The van der Waals surface area contributed by atoms with E-state index in [9.17, 15) is 0 Å². The van der Waals surface area contributed by atoms with E-state index in [1.54, 1.807) is 14.2 Å². The van der Waals surface area contributed by atoms with Crippen molar-refractivity contribution in [3.05, 3.63) is 65.7 Å². The maximum absolute atomic E-state index is 5.41. The molecule has 0 aliphatic carbocycles. The van der Waals surface area contributed by atoms with Gasteiger partial charge in [0.1, 0.15) is 0 Å². The van der Waals surface area contributed by atoms with E-state index in [1.807, 2.05) is 17.8 Å². The van der Waals surface area contributed by atoms with E-state index in [0.717, 1.165) is 17.3 Å². The van der Waals surface area contributed by atoms with E-state index in [1.165, 1.54) is 26.8 Å². The summed E-state index contributed by atoms with van der Waals surface area (Å²) in [5.41, 5.74) is 2.48. The number of hydrogen-bond acceptors (Lipinski definition) is 3. The SMILES string of the molecule is COc1cc(C)c(CSc2ccc3ccccc3c2)cc1OC. The number of fused-ring (bicyclic) bond motifs is 1. The van der Waals surface area contributed by atoms with Crippen LogP contribution in [0.2, 0.25) is 0 Å². The third kappa shape index (κ3) is 3.45. The van der Waals surface area contributed by atoms with Gasteiger partial charge in [0, 0.05) is 10.6 Å². The lowest BCUT2D eigenvalue weighted by Crippen LogP contribution is -1.95. The van der Waals surface area contributed by atoms with Crippen LogP contribution in [0.1, 0.15) is 11.1 Å². The summed E-state index contributed by atoms with van der Waals surface area (Å²) in [5, 5.41) is 2.56. The first-order valence-electron chi connectivity index (χ1n) is 7.54. The maximum atomic E-state index is 5.41. The zero-order valence-electron chi connectivity index (χ0n) is 13.6. The Kier molecular flexibility index (Phi) is 4.77. The molecule has 0 heterocycles. The highest BCUT2D eigenvalue weighted by molar-refractivity contribution is 7.98. The molecular formula is C20H20O2S. The van der Waals surface area contributed by atoms with E-state index in [4.69, 9.17) is 9.47 Å². The monoisotopic (exact) mass is 324 g/mol. The van der Waals surface area contributed by atoms with Gasteiger partial charge in [0.25, 0.3) is 0 Å². The van der Waals surface area contributed by atoms with Gasteiger partial charge in [0.2, 0.25) is 0 Å². The number of ether oxygens (including phenoxy) is 2. The summed E-state index contributed by atoms with van der Waals surface area (Å²) in [6, 6.07) is 19.2. The lowest BCUT2D eigenvalue weighted by atomic mass is 10.1. The predicted octanol–water partition coefficient (Wildman–Crippen LogP) is 5.46. The highest BCUT2D eigenvalue weighted by Crippen LogP contribution is 2.34. The second-order valence-corrected chi connectivity index (χ2v) is 6.48. The fraction of sp³-hybridized carbons (Fsp3) is 0.200. The molecule has 0 aliphatic rings. The van der Waals surface area contributed by atoms with Crippen LogP contribution in [0.25, 0.3) is 10.8 Å². The fourth-order valence-corrected chi connectivity index (χ4v) is 3.60. The normalized spacial score (nSPS) is 10.7. The summed E-state index contributed by atoms with van der Waals surface area (Å²) in [6.07, 6.45) is 0. The molecule has 3 aromatic carbocycles. The summed E-state index contributed by atoms with van der Waals surface area (Å²) >= 11 is 1.84. The molecule has 2 nitrogen and oxygen atoms in total. The first-order chi connectivity index (χ1) is 11.2. The molecule has 118 valence electrons. The first kappa shape index (κ1) is 15.8. The van der Waals surface area contributed by atoms with Gasteiger partial charge in [-0.05, 0) is 53.1 Å². The lowest BCUT2D eigenvalue weighted by Gasteiger charge is -2.12. The minimum atomic E-state index is 0.782. The molecule has 0 unspecified atom stereocenters. The van der Waals surface area contributed by atoms with Gasteiger partial charge in [-0.3, -0.25) is 0 Å². The zero-order valence-corrected chi connectivity index (χ0v) is 14.4. The maximum Gasteiger partial charge on any atom is 0.161 e. The van der Waals surface area contributed by atoms with Crippen LogP contribution in [0.4, 0.5) is 0 Å². The molecule has 0 bridgehead atoms. The van der Waals surface area contributed by atoms with E-state index in [2.05, 4.69) is 55.5 Å². The predicted molar refractivity (Wildman–Crippen MR) is 97.8 cm³/mol. The van der Waals surface area contributed by atoms with Crippen molar-refractivity contribution in [2.24, 2.45) is 0 Å². The molecule has 0 radical (unpaired) electrons. The average Bonchev–Trinajstić information content (AvgIpc) is 2.60. The second kappa shape index (κ2) is 6.97. The molecule has 0 N–H and O–H groups in total. The molecule has 0 aromatic heterocycles. The number of methoxy groups -OCH3 is 2. The quantitative estimate of drug-likeness (QED) is 0.581. The van der Waals surface area contributed by atoms with Crippen molar-refractivity contribution in [1.29, 1.82) is 0 Å². The molecule has 0 saturated carbocycles. The van der Waals surface area contributed by atoms with Crippen molar-refractivity contribution in [1.82, 2.24) is 0 Å². The molecule has 3 aromatic rings. The molecule has 23 heavy (non-hydrogen) atoms. The van der Waals surface area contributed by atoms with Crippen LogP contribution < -0.4 is 9.47 Å².